The van der Waals surface area contributed by atoms with E-state index in [1.165, 1.54) is 76.4 Å². The quantitative estimate of drug-likeness (QED) is 0.258. The third-order valence-electron chi connectivity index (χ3n) is 5.56. The smallest absolute Gasteiger partial charge is 0.307 e. The molecule has 1 saturated carbocycles. The molecule has 0 aromatic heterocycles. The summed E-state index contributed by atoms with van der Waals surface area (Å²) in [6.45, 7) is 8.90. The van der Waals surface area contributed by atoms with Crippen molar-refractivity contribution in [3.8, 4) is 0 Å². The highest BCUT2D eigenvalue weighted by atomic mass is 32.2. The van der Waals surface area contributed by atoms with Crippen molar-refractivity contribution >= 4 is 17.7 Å². The average Bonchev–Trinajstić information content (AvgIpc) is 2.57. The molecule has 25 heavy (non-hydrogen) atoms. The van der Waals surface area contributed by atoms with Gasteiger partial charge in [-0.25, -0.2) is 0 Å². The Kier molecular flexibility index (Phi) is 12.8. The summed E-state index contributed by atoms with van der Waals surface area (Å²) in [5.41, 5.74) is 0. The largest absolute Gasteiger partial charge is 0.462 e. The van der Waals surface area contributed by atoms with Gasteiger partial charge in [0.05, 0.1) is 6.42 Å². The summed E-state index contributed by atoms with van der Waals surface area (Å²) in [6, 6.07) is 0. The van der Waals surface area contributed by atoms with Crippen molar-refractivity contribution in [3.63, 3.8) is 0 Å². The molecule has 1 fully saturated rings. The minimum Gasteiger partial charge on any atom is -0.462 e. The zero-order chi connectivity index (χ0) is 18.5. The predicted octanol–water partition coefficient (Wildman–Crippen LogP) is 7.01. The van der Waals surface area contributed by atoms with Crippen molar-refractivity contribution in [2.24, 2.45) is 11.8 Å². The second-order valence-corrected chi connectivity index (χ2v) is 9.75. The number of unbranched alkanes of at least 4 members (excludes halogenated alkanes) is 7. The molecular formula is C22H42O2S. The maximum absolute atomic E-state index is 12.2. The first kappa shape index (κ1) is 22.9. The Labute approximate surface area is 161 Å². The number of esters is 1. The zero-order valence-corrected chi connectivity index (χ0v) is 18.0. The number of ether oxygens (including phenoxy) is 1. The molecule has 0 radical (unpaired) electrons. The Balaban J connectivity index is 2.03. The third-order valence-corrected chi connectivity index (χ3v) is 6.82. The fourth-order valence-corrected chi connectivity index (χ4v) is 4.92. The summed E-state index contributed by atoms with van der Waals surface area (Å²) < 4.78 is 5.83. The normalized spacial score (nSPS) is 24.9. The van der Waals surface area contributed by atoms with Crippen LogP contribution in [0.5, 0.6) is 0 Å². The van der Waals surface area contributed by atoms with E-state index in [0.29, 0.717) is 23.5 Å². The van der Waals surface area contributed by atoms with E-state index in [1.54, 1.807) is 0 Å². The molecule has 4 atom stereocenters. The van der Waals surface area contributed by atoms with Crippen molar-refractivity contribution in [2.75, 3.05) is 5.75 Å². The molecular weight excluding hydrogens is 328 g/mol. The molecule has 0 aliphatic heterocycles. The standard InChI is InChI=1S/C22H42O2S/c1-5-6-7-8-9-10-11-12-16-25-20(4)17-21(23)24-22-18(2)14-13-15-19(22)3/h18-20,22H,5-17H2,1-4H3/t18-,19+,20?,22?. The number of hydrogen-bond donors (Lipinski definition) is 0. The van der Waals surface area contributed by atoms with Crippen molar-refractivity contribution in [2.45, 2.75) is 116 Å². The molecule has 0 heterocycles. The summed E-state index contributed by atoms with van der Waals surface area (Å²) >= 11 is 1.94. The molecule has 0 N–H and O–H groups in total. The Hall–Kier alpha value is -0.180. The predicted molar refractivity (Wildman–Crippen MR) is 111 cm³/mol. The van der Waals surface area contributed by atoms with Gasteiger partial charge in [0, 0.05) is 5.25 Å². The van der Waals surface area contributed by atoms with Crippen molar-refractivity contribution < 1.29 is 9.53 Å². The average molecular weight is 371 g/mol. The van der Waals surface area contributed by atoms with E-state index in [2.05, 4.69) is 27.7 Å². The minimum atomic E-state index is 0.0153. The molecule has 148 valence electrons. The molecule has 0 saturated heterocycles. The van der Waals surface area contributed by atoms with E-state index in [9.17, 15) is 4.79 Å². The lowest BCUT2D eigenvalue weighted by molar-refractivity contribution is -0.156. The van der Waals surface area contributed by atoms with Crippen molar-refractivity contribution in [1.29, 1.82) is 0 Å². The molecule has 3 heteroatoms. The van der Waals surface area contributed by atoms with Gasteiger partial charge in [0.25, 0.3) is 0 Å². The fraction of sp³-hybridized carbons (Fsp3) is 0.955. The SMILES string of the molecule is CCCCCCCCCCSC(C)CC(=O)OC1[C@H](C)CCC[C@@H]1C. The van der Waals surface area contributed by atoms with Crippen LogP contribution < -0.4 is 0 Å². The maximum atomic E-state index is 12.2. The van der Waals surface area contributed by atoms with Crippen LogP contribution in [-0.4, -0.2) is 23.1 Å². The summed E-state index contributed by atoms with van der Waals surface area (Å²) in [4.78, 5) is 12.2. The Morgan fingerprint density at radius 1 is 1.00 bits per heavy atom. The monoisotopic (exact) mass is 370 g/mol. The molecule has 1 aliphatic rings. The van der Waals surface area contributed by atoms with Crippen molar-refractivity contribution in [1.82, 2.24) is 0 Å². The van der Waals surface area contributed by atoms with Crippen LogP contribution in [0.2, 0.25) is 0 Å². The highest BCUT2D eigenvalue weighted by Gasteiger charge is 2.31. The Morgan fingerprint density at radius 2 is 1.56 bits per heavy atom. The third kappa shape index (κ3) is 10.5. The zero-order valence-electron chi connectivity index (χ0n) is 17.2. The highest BCUT2D eigenvalue weighted by Crippen LogP contribution is 2.31. The summed E-state index contributed by atoms with van der Waals surface area (Å²) in [5, 5.41) is 0.381. The van der Waals surface area contributed by atoms with E-state index in [-0.39, 0.29) is 12.1 Å². The van der Waals surface area contributed by atoms with Crippen LogP contribution in [0.15, 0.2) is 0 Å². The van der Waals surface area contributed by atoms with Crippen molar-refractivity contribution in [3.05, 3.63) is 0 Å². The van der Waals surface area contributed by atoms with Gasteiger partial charge in [0.15, 0.2) is 0 Å². The van der Waals surface area contributed by atoms with E-state index < -0.39 is 0 Å². The fourth-order valence-electron chi connectivity index (χ4n) is 3.90. The highest BCUT2D eigenvalue weighted by molar-refractivity contribution is 7.99. The van der Waals surface area contributed by atoms with Gasteiger partial charge >= 0.3 is 5.97 Å². The first-order chi connectivity index (χ1) is 12.0. The number of carbonyl (C=O) groups is 1. The molecule has 0 aromatic carbocycles. The second-order valence-electron chi connectivity index (χ2n) is 8.20. The van der Waals surface area contributed by atoms with Gasteiger partial charge in [-0.3, -0.25) is 4.79 Å². The first-order valence-electron chi connectivity index (χ1n) is 10.9. The summed E-state index contributed by atoms with van der Waals surface area (Å²) in [6.07, 6.45) is 15.3. The topological polar surface area (TPSA) is 26.3 Å². The molecule has 0 bridgehead atoms. The van der Waals surface area contributed by atoms with Crippen LogP contribution in [-0.2, 0) is 9.53 Å². The number of hydrogen-bond acceptors (Lipinski definition) is 3. The van der Waals surface area contributed by atoms with Crippen LogP contribution in [0.4, 0.5) is 0 Å². The molecule has 0 aromatic rings. The number of thioether (sulfide) groups is 1. The minimum absolute atomic E-state index is 0.0153. The number of rotatable bonds is 13. The lowest BCUT2D eigenvalue weighted by Gasteiger charge is -2.34. The lowest BCUT2D eigenvalue weighted by Crippen LogP contribution is -2.35. The Bertz CT molecular complexity index is 335. The molecule has 0 amide bonds. The maximum Gasteiger partial charge on any atom is 0.307 e. The molecule has 2 unspecified atom stereocenters. The molecule has 2 nitrogen and oxygen atoms in total. The number of carbonyl (C=O) groups excluding carboxylic acids is 1. The van der Waals surface area contributed by atoms with Crippen LogP contribution in [0.25, 0.3) is 0 Å². The summed E-state index contributed by atoms with van der Waals surface area (Å²) in [5.74, 6) is 2.24. The van der Waals surface area contributed by atoms with Gasteiger partial charge in [-0.1, -0.05) is 79.1 Å². The van der Waals surface area contributed by atoms with Gasteiger partial charge in [-0.05, 0) is 36.9 Å². The van der Waals surface area contributed by atoms with Gasteiger partial charge in [0.1, 0.15) is 6.10 Å². The first-order valence-corrected chi connectivity index (χ1v) is 11.9. The van der Waals surface area contributed by atoms with Crippen LogP contribution in [0.1, 0.15) is 105 Å². The van der Waals surface area contributed by atoms with Gasteiger partial charge < -0.3 is 4.74 Å². The van der Waals surface area contributed by atoms with Crippen LogP contribution >= 0.6 is 11.8 Å². The molecule has 1 rings (SSSR count). The second kappa shape index (κ2) is 13.9. The van der Waals surface area contributed by atoms with E-state index in [1.807, 2.05) is 11.8 Å². The lowest BCUT2D eigenvalue weighted by atomic mass is 9.80. The van der Waals surface area contributed by atoms with Gasteiger partial charge in [0.2, 0.25) is 0 Å². The van der Waals surface area contributed by atoms with Crippen LogP contribution in [0.3, 0.4) is 0 Å². The van der Waals surface area contributed by atoms with Crippen LogP contribution in [0, 0.1) is 11.8 Å². The Morgan fingerprint density at radius 3 is 2.16 bits per heavy atom. The molecule has 0 spiro atoms. The van der Waals surface area contributed by atoms with E-state index >= 15 is 0 Å². The van der Waals surface area contributed by atoms with E-state index in [0.717, 1.165) is 0 Å². The summed E-state index contributed by atoms with van der Waals surface area (Å²) in [7, 11) is 0. The molecule has 1 aliphatic carbocycles. The van der Waals surface area contributed by atoms with E-state index in [4.69, 9.17) is 4.74 Å². The van der Waals surface area contributed by atoms with Gasteiger partial charge in [-0.15, -0.1) is 0 Å². The van der Waals surface area contributed by atoms with Gasteiger partial charge in [-0.2, -0.15) is 11.8 Å².